The molecule has 26 heavy (non-hydrogen) atoms. The largest absolute Gasteiger partial charge is 0.462 e. The van der Waals surface area contributed by atoms with E-state index in [1.54, 1.807) is 18.7 Å². The van der Waals surface area contributed by atoms with Crippen molar-refractivity contribution in [3.05, 3.63) is 51.7 Å². The molecule has 138 valence electrons. The number of nitrogens with zero attached hydrogens (tertiary/aromatic N) is 4. The number of benzene rings is 1. The number of esters is 1. The van der Waals surface area contributed by atoms with E-state index < -0.39 is 11.7 Å². The van der Waals surface area contributed by atoms with Crippen molar-refractivity contribution in [2.45, 2.75) is 46.5 Å². The fraction of sp³-hybridized carbons (Fsp3) is 0.444. The lowest BCUT2D eigenvalue weighted by Crippen LogP contribution is -2.42. The van der Waals surface area contributed by atoms with Crippen LogP contribution in [0.4, 0.5) is 0 Å². The average Bonchev–Trinajstić information content (AvgIpc) is 2.88. The second-order valence-electron chi connectivity index (χ2n) is 6.61. The van der Waals surface area contributed by atoms with Crippen molar-refractivity contribution >= 4 is 11.9 Å². The lowest BCUT2D eigenvalue weighted by atomic mass is 10.1. The number of hydrogen-bond donors (Lipinski definition) is 0. The molecule has 0 unspecified atom stereocenters. The predicted octanol–water partition coefficient (Wildman–Crippen LogP) is 0.961. The Morgan fingerprint density at radius 1 is 1.23 bits per heavy atom. The minimum atomic E-state index is -0.554. The van der Waals surface area contributed by atoms with Crippen molar-refractivity contribution in [2.75, 3.05) is 6.54 Å². The fourth-order valence-corrected chi connectivity index (χ4v) is 2.93. The Balaban J connectivity index is 1.80. The molecule has 1 aromatic heterocycles. The van der Waals surface area contributed by atoms with Gasteiger partial charge in [0.25, 0.3) is 5.91 Å². The summed E-state index contributed by atoms with van der Waals surface area (Å²) < 4.78 is 7.35. The molecule has 1 amide bonds. The highest BCUT2D eigenvalue weighted by Gasteiger charge is 2.30. The maximum absolute atomic E-state index is 12.7. The van der Waals surface area contributed by atoms with Gasteiger partial charge in [-0.15, -0.1) is 5.10 Å². The molecule has 1 aromatic carbocycles. The van der Waals surface area contributed by atoms with Gasteiger partial charge in [-0.2, -0.15) is 0 Å². The molecule has 0 spiro atoms. The molecular weight excluding hydrogens is 336 g/mol. The molecule has 0 fully saturated rings. The van der Waals surface area contributed by atoms with Crippen molar-refractivity contribution in [1.29, 1.82) is 0 Å². The van der Waals surface area contributed by atoms with Gasteiger partial charge in [0, 0.05) is 19.6 Å². The van der Waals surface area contributed by atoms with Gasteiger partial charge in [-0.1, -0.05) is 24.3 Å². The number of ether oxygens (including phenoxy) is 1. The molecule has 0 saturated heterocycles. The van der Waals surface area contributed by atoms with E-state index in [0.29, 0.717) is 19.6 Å². The first kappa shape index (κ1) is 17.9. The Morgan fingerprint density at radius 2 is 1.96 bits per heavy atom. The van der Waals surface area contributed by atoms with Crippen LogP contribution in [-0.4, -0.2) is 43.8 Å². The van der Waals surface area contributed by atoms with Gasteiger partial charge in [-0.05, 0) is 31.9 Å². The smallest absolute Gasteiger partial charge is 0.346 e. The van der Waals surface area contributed by atoms with E-state index >= 15 is 0 Å². The minimum absolute atomic E-state index is 0.0622. The zero-order valence-electron chi connectivity index (χ0n) is 15.1. The number of rotatable bonds is 5. The van der Waals surface area contributed by atoms with Gasteiger partial charge in [-0.3, -0.25) is 14.2 Å². The summed E-state index contributed by atoms with van der Waals surface area (Å²) in [6.45, 7) is 6.38. The standard InChI is InChI=1S/C18H22N4O4/c1-12(2)26-15(23)11-22-18(25)21-9-8-20(17(24)16(21)19-22)10-14-7-5-4-6-13(14)3/h4-7,12H,8-11H2,1-3H3. The topological polar surface area (TPSA) is 86.4 Å². The van der Waals surface area contributed by atoms with Crippen molar-refractivity contribution in [2.24, 2.45) is 0 Å². The van der Waals surface area contributed by atoms with E-state index in [-0.39, 0.29) is 24.4 Å². The van der Waals surface area contributed by atoms with Crippen LogP contribution in [0.25, 0.3) is 0 Å². The fourth-order valence-electron chi connectivity index (χ4n) is 2.93. The van der Waals surface area contributed by atoms with Crippen LogP contribution in [0.5, 0.6) is 0 Å². The number of carbonyl (C=O) groups excluding carboxylic acids is 2. The van der Waals surface area contributed by atoms with Crippen LogP contribution in [0.3, 0.4) is 0 Å². The Kier molecular flexibility index (Phi) is 4.92. The van der Waals surface area contributed by atoms with Crippen LogP contribution in [0, 0.1) is 6.92 Å². The Labute approximate surface area is 151 Å². The first-order chi connectivity index (χ1) is 12.4. The molecule has 0 bridgehead atoms. The zero-order valence-corrected chi connectivity index (χ0v) is 15.1. The number of hydrogen-bond acceptors (Lipinski definition) is 5. The molecule has 1 aliphatic rings. The summed E-state index contributed by atoms with van der Waals surface area (Å²) in [5.74, 6) is -0.804. The highest BCUT2D eigenvalue weighted by molar-refractivity contribution is 5.91. The third-order valence-corrected chi connectivity index (χ3v) is 4.26. The number of amides is 1. The van der Waals surface area contributed by atoms with E-state index in [2.05, 4.69) is 5.10 Å². The summed E-state index contributed by atoms with van der Waals surface area (Å²) in [5.41, 5.74) is 1.69. The molecule has 0 aliphatic carbocycles. The molecule has 8 heteroatoms. The molecule has 2 aromatic rings. The van der Waals surface area contributed by atoms with Crippen LogP contribution < -0.4 is 5.69 Å². The van der Waals surface area contributed by atoms with Gasteiger partial charge in [-0.25, -0.2) is 9.48 Å². The Morgan fingerprint density at radius 3 is 2.65 bits per heavy atom. The van der Waals surface area contributed by atoms with E-state index in [9.17, 15) is 14.4 Å². The van der Waals surface area contributed by atoms with Gasteiger partial charge < -0.3 is 9.64 Å². The number of aryl methyl sites for hydroxylation is 1. The normalized spacial score (nSPS) is 13.8. The molecule has 0 atom stereocenters. The molecule has 0 saturated carbocycles. The summed E-state index contributed by atoms with van der Waals surface area (Å²) in [7, 11) is 0. The number of aromatic nitrogens is 3. The zero-order chi connectivity index (χ0) is 18.8. The SMILES string of the molecule is Cc1ccccc1CN1CCn2c(nn(CC(=O)OC(C)C)c2=O)C1=O. The van der Waals surface area contributed by atoms with Gasteiger partial charge in [0.05, 0.1) is 6.10 Å². The van der Waals surface area contributed by atoms with Crippen LogP contribution in [0.1, 0.15) is 35.6 Å². The van der Waals surface area contributed by atoms with Gasteiger partial charge in [0.15, 0.2) is 0 Å². The van der Waals surface area contributed by atoms with Gasteiger partial charge in [0.1, 0.15) is 6.54 Å². The summed E-state index contributed by atoms with van der Waals surface area (Å²) in [6, 6.07) is 7.85. The quantitative estimate of drug-likeness (QED) is 0.743. The first-order valence-corrected chi connectivity index (χ1v) is 8.57. The highest BCUT2D eigenvalue weighted by atomic mass is 16.5. The first-order valence-electron chi connectivity index (χ1n) is 8.57. The van der Waals surface area contributed by atoms with E-state index in [0.717, 1.165) is 15.8 Å². The monoisotopic (exact) mass is 358 g/mol. The number of carbonyl (C=O) groups is 2. The lowest BCUT2D eigenvalue weighted by Gasteiger charge is -2.27. The third kappa shape index (κ3) is 3.54. The molecular formula is C18H22N4O4. The third-order valence-electron chi connectivity index (χ3n) is 4.26. The summed E-state index contributed by atoms with van der Waals surface area (Å²) in [6.07, 6.45) is -0.276. The molecule has 8 nitrogen and oxygen atoms in total. The van der Waals surface area contributed by atoms with Crippen LogP contribution in [0.2, 0.25) is 0 Å². The maximum atomic E-state index is 12.7. The minimum Gasteiger partial charge on any atom is -0.462 e. The van der Waals surface area contributed by atoms with Crippen molar-refractivity contribution in [3.63, 3.8) is 0 Å². The lowest BCUT2D eigenvalue weighted by molar-refractivity contribution is -0.148. The summed E-state index contributed by atoms with van der Waals surface area (Å²) in [5, 5.41) is 4.07. The van der Waals surface area contributed by atoms with E-state index in [1.165, 1.54) is 4.57 Å². The van der Waals surface area contributed by atoms with Crippen LogP contribution in [0.15, 0.2) is 29.1 Å². The molecule has 3 rings (SSSR count). The molecule has 0 radical (unpaired) electrons. The number of fused-ring (bicyclic) bond motifs is 1. The summed E-state index contributed by atoms with van der Waals surface area (Å²) >= 11 is 0. The molecule has 1 aliphatic heterocycles. The molecule has 0 N–H and O–H groups in total. The van der Waals surface area contributed by atoms with E-state index in [1.807, 2.05) is 31.2 Å². The Bertz CT molecular complexity index is 897. The van der Waals surface area contributed by atoms with E-state index in [4.69, 9.17) is 4.74 Å². The second kappa shape index (κ2) is 7.15. The van der Waals surface area contributed by atoms with Crippen molar-refractivity contribution in [3.8, 4) is 0 Å². The Hall–Kier alpha value is -2.90. The van der Waals surface area contributed by atoms with Gasteiger partial charge in [0.2, 0.25) is 5.82 Å². The van der Waals surface area contributed by atoms with Crippen molar-refractivity contribution < 1.29 is 14.3 Å². The molecule has 2 heterocycles. The van der Waals surface area contributed by atoms with Crippen LogP contribution >= 0.6 is 0 Å². The summed E-state index contributed by atoms with van der Waals surface area (Å²) in [4.78, 5) is 38.6. The maximum Gasteiger partial charge on any atom is 0.346 e. The van der Waals surface area contributed by atoms with Crippen LogP contribution in [-0.2, 0) is 29.2 Å². The second-order valence-corrected chi connectivity index (χ2v) is 6.61. The average molecular weight is 358 g/mol. The van der Waals surface area contributed by atoms with Crippen molar-refractivity contribution in [1.82, 2.24) is 19.2 Å². The predicted molar refractivity (Wildman–Crippen MR) is 93.6 cm³/mol. The highest BCUT2D eigenvalue weighted by Crippen LogP contribution is 2.15. The van der Waals surface area contributed by atoms with Gasteiger partial charge >= 0.3 is 11.7 Å².